The molecule has 1 N–H and O–H groups in total. The fourth-order valence-corrected chi connectivity index (χ4v) is 2.18. The number of imidazole rings is 1. The standard InChI is InChI=1S/C16H24N4/c1-14(15-5-7-16(8-6-15)19(2)3)18-9-4-11-20-12-10-17-13-20/h5-8,10,12-14,18H,4,9,11H2,1-3H3. The molecule has 0 amide bonds. The SMILES string of the molecule is CC(NCCCn1ccnc1)c1ccc(N(C)C)cc1. The van der Waals surface area contributed by atoms with Gasteiger partial charge in [0.25, 0.3) is 0 Å². The topological polar surface area (TPSA) is 33.1 Å². The average Bonchev–Trinajstić information content (AvgIpc) is 2.96. The van der Waals surface area contributed by atoms with Crippen LogP contribution in [0.5, 0.6) is 0 Å². The van der Waals surface area contributed by atoms with Crippen LogP contribution in [0, 0.1) is 0 Å². The van der Waals surface area contributed by atoms with Gasteiger partial charge in [0.1, 0.15) is 0 Å². The number of anilines is 1. The second-order valence-corrected chi connectivity index (χ2v) is 5.32. The molecule has 20 heavy (non-hydrogen) atoms. The minimum atomic E-state index is 0.383. The van der Waals surface area contributed by atoms with Gasteiger partial charge in [-0.05, 0) is 37.6 Å². The molecule has 1 unspecified atom stereocenters. The first-order valence-electron chi connectivity index (χ1n) is 7.13. The predicted octanol–water partition coefficient (Wildman–Crippen LogP) is 2.69. The quantitative estimate of drug-likeness (QED) is 0.787. The van der Waals surface area contributed by atoms with Crippen molar-refractivity contribution in [1.82, 2.24) is 14.9 Å². The maximum atomic E-state index is 4.04. The summed E-state index contributed by atoms with van der Waals surface area (Å²) in [4.78, 5) is 6.16. The van der Waals surface area contributed by atoms with Crippen LogP contribution in [0.3, 0.4) is 0 Å². The Morgan fingerprint density at radius 1 is 1.25 bits per heavy atom. The van der Waals surface area contributed by atoms with Crippen LogP contribution < -0.4 is 10.2 Å². The van der Waals surface area contributed by atoms with E-state index in [-0.39, 0.29) is 0 Å². The minimum Gasteiger partial charge on any atom is -0.378 e. The molecule has 0 aliphatic heterocycles. The summed E-state index contributed by atoms with van der Waals surface area (Å²) in [7, 11) is 4.12. The number of hydrogen-bond acceptors (Lipinski definition) is 3. The fourth-order valence-electron chi connectivity index (χ4n) is 2.18. The Bertz CT molecular complexity index is 488. The molecular weight excluding hydrogens is 248 g/mol. The summed E-state index contributed by atoms with van der Waals surface area (Å²) in [6, 6.07) is 9.11. The van der Waals surface area contributed by atoms with Gasteiger partial charge >= 0.3 is 0 Å². The second kappa shape index (κ2) is 7.10. The van der Waals surface area contributed by atoms with Crippen LogP contribution in [0.1, 0.15) is 24.9 Å². The first-order chi connectivity index (χ1) is 9.66. The van der Waals surface area contributed by atoms with Gasteiger partial charge in [0, 0.05) is 44.8 Å². The molecule has 0 spiro atoms. The Morgan fingerprint density at radius 3 is 2.60 bits per heavy atom. The Morgan fingerprint density at radius 2 is 2.00 bits per heavy atom. The molecule has 4 nitrogen and oxygen atoms in total. The molecule has 4 heteroatoms. The van der Waals surface area contributed by atoms with E-state index >= 15 is 0 Å². The maximum Gasteiger partial charge on any atom is 0.0945 e. The van der Waals surface area contributed by atoms with Gasteiger partial charge < -0.3 is 14.8 Å². The molecule has 2 aromatic rings. The number of benzene rings is 1. The first-order valence-corrected chi connectivity index (χ1v) is 7.13. The van der Waals surface area contributed by atoms with E-state index in [0.717, 1.165) is 19.5 Å². The number of nitrogens with zero attached hydrogens (tertiary/aromatic N) is 3. The number of aryl methyl sites for hydroxylation is 1. The third kappa shape index (κ3) is 4.10. The maximum absolute atomic E-state index is 4.04. The summed E-state index contributed by atoms with van der Waals surface area (Å²) in [6.07, 6.45) is 6.80. The van der Waals surface area contributed by atoms with Gasteiger partial charge in [-0.15, -0.1) is 0 Å². The highest BCUT2D eigenvalue weighted by Crippen LogP contribution is 2.17. The number of aromatic nitrogens is 2. The van der Waals surface area contributed by atoms with Crippen molar-refractivity contribution in [3.05, 3.63) is 48.5 Å². The summed E-state index contributed by atoms with van der Waals surface area (Å²) in [5.74, 6) is 0. The van der Waals surface area contributed by atoms with Crippen molar-refractivity contribution >= 4 is 5.69 Å². The van der Waals surface area contributed by atoms with Crippen molar-refractivity contribution in [3.8, 4) is 0 Å². The number of rotatable bonds is 7. The van der Waals surface area contributed by atoms with E-state index < -0.39 is 0 Å². The van der Waals surface area contributed by atoms with Crippen LogP contribution in [0.15, 0.2) is 43.0 Å². The molecule has 1 atom stereocenters. The molecule has 0 fully saturated rings. The smallest absolute Gasteiger partial charge is 0.0945 e. The summed E-state index contributed by atoms with van der Waals surface area (Å²) in [5, 5.41) is 3.56. The summed E-state index contributed by atoms with van der Waals surface area (Å²) in [6.45, 7) is 4.23. The molecule has 1 aromatic heterocycles. The lowest BCUT2D eigenvalue weighted by molar-refractivity contribution is 0.526. The molecule has 0 aliphatic carbocycles. The van der Waals surface area contributed by atoms with E-state index in [4.69, 9.17) is 0 Å². The fraction of sp³-hybridized carbons (Fsp3) is 0.438. The Hall–Kier alpha value is -1.81. The molecule has 2 rings (SSSR count). The van der Waals surface area contributed by atoms with Crippen molar-refractivity contribution in [2.24, 2.45) is 0 Å². The van der Waals surface area contributed by atoms with Crippen LogP contribution in [0.25, 0.3) is 0 Å². The molecule has 0 saturated heterocycles. The molecule has 1 heterocycles. The van der Waals surface area contributed by atoms with Crippen LogP contribution in [0.2, 0.25) is 0 Å². The zero-order chi connectivity index (χ0) is 14.4. The molecular formula is C16H24N4. The Kier molecular flexibility index (Phi) is 5.18. The lowest BCUT2D eigenvalue weighted by Gasteiger charge is -2.17. The van der Waals surface area contributed by atoms with Gasteiger partial charge in [-0.1, -0.05) is 12.1 Å². The lowest BCUT2D eigenvalue weighted by Crippen LogP contribution is -2.21. The van der Waals surface area contributed by atoms with Crippen molar-refractivity contribution in [2.75, 3.05) is 25.5 Å². The highest BCUT2D eigenvalue weighted by molar-refractivity contribution is 5.46. The number of nitrogens with one attached hydrogen (secondary N) is 1. The summed E-state index contributed by atoms with van der Waals surface area (Å²) in [5.41, 5.74) is 2.57. The van der Waals surface area contributed by atoms with E-state index in [1.165, 1.54) is 11.3 Å². The highest BCUT2D eigenvalue weighted by Gasteiger charge is 2.04. The normalized spacial score (nSPS) is 12.3. The zero-order valence-electron chi connectivity index (χ0n) is 12.6. The van der Waals surface area contributed by atoms with Gasteiger partial charge in [0.2, 0.25) is 0 Å². The monoisotopic (exact) mass is 272 g/mol. The van der Waals surface area contributed by atoms with E-state index in [1.807, 2.05) is 18.7 Å². The van der Waals surface area contributed by atoms with E-state index in [2.05, 4.69) is 65.1 Å². The van der Waals surface area contributed by atoms with Crippen molar-refractivity contribution in [2.45, 2.75) is 25.9 Å². The predicted molar refractivity (Wildman–Crippen MR) is 84.0 cm³/mol. The van der Waals surface area contributed by atoms with Gasteiger partial charge in [0.05, 0.1) is 6.33 Å². The molecule has 0 radical (unpaired) electrons. The Balaban J connectivity index is 1.75. The third-order valence-electron chi connectivity index (χ3n) is 3.51. The van der Waals surface area contributed by atoms with Crippen LogP contribution in [-0.4, -0.2) is 30.2 Å². The summed E-state index contributed by atoms with van der Waals surface area (Å²) < 4.78 is 2.11. The second-order valence-electron chi connectivity index (χ2n) is 5.32. The number of hydrogen-bond donors (Lipinski definition) is 1. The molecule has 108 valence electrons. The van der Waals surface area contributed by atoms with Gasteiger partial charge in [-0.25, -0.2) is 4.98 Å². The molecule has 0 aliphatic rings. The highest BCUT2D eigenvalue weighted by atomic mass is 15.1. The zero-order valence-corrected chi connectivity index (χ0v) is 12.6. The van der Waals surface area contributed by atoms with E-state index in [0.29, 0.717) is 6.04 Å². The lowest BCUT2D eigenvalue weighted by atomic mass is 10.1. The first kappa shape index (κ1) is 14.6. The van der Waals surface area contributed by atoms with Crippen molar-refractivity contribution in [1.29, 1.82) is 0 Å². The third-order valence-corrected chi connectivity index (χ3v) is 3.51. The largest absolute Gasteiger partial charge is 0.378 e. The van der Waals surface area contributed by atoms with Crippen molar-refractivity contribution < 1.29 is 0 Å². The van der Waals surface area contributed by atoms with E-state index in [9.17, 15) is 0 Å². The van der Waals surface area contributed by atoms with Crippen molar-refractivity contribution in [3.63, 3.8) is 0 Å². The summed E-state index contributed by atoms with van der Waals surface area (Å²) >= 11 is 0. The molecule has 0 bridgehead atoms. The van der Waals surface area contributed by atoms with Crippen LogP contribution in [0.4, 0.5) is 5.69 Å². The van der Waals surface area contributed by atoms with Crippen LogP contribution in [-0.2, 0) is 6.54 Å². The minimum absolute atomic E-state index is 0.383. The Labute approximate surface area is 121 Å². The van der Waals surface area contributed by atoms with Gasteiger partial charge in [0.15, 0.2) is 0 Å². The van der Waals surface area contributed by atoms with Gasteiger partial charge in [-0.2, -0.15) is 0 Å². The molecule has 0 saturated carbocycles. The molecule has 1 aromatic carbocycles. The van der Waals surface area contributed by atoms with Gasteiger partial charge in [-0.3, -0.25) is 0 Å². The van der Waals surface area contributed by atoms with Crippen LogP contribution >= 0.6 is 0 Å². The van der Waals surface area contributed by atoms with E-state index in [1.54, 1.807) is 0 Å². The average molecular weight is 272 g/mol.